The highest BCUT2D eigenvalue weighted by atomic mass is 127. The van der Waals surface area contributed by atoms with Crippen molar-refractivity contribution in [3.05, 3.63) is 30.3 Å². The number of hydrogen-bond donors (Lipinski definition) is 0. The SMILES string of the molecule is CCCCC(=O)N(I)c1ccccc1. The van der Waals surface area contributed by atoms with Gasteiger partial charge in [0.1, 0.15) is 0 Å². The van der Waals surface area contributed by atoms with Gasteiger partial charge in [-0.25, -0.2) is 0 Å². The van der Waals surface area contributed by atoms with E-state index in [-0.39, 0.29) is 5.91 Å². The minimum atomic E-state index is 0.179. The van der Waals surface area contributed by atoms with E-state index in [2.05, 4.69) is 29.8 Å². The molecule has 76 valence electrons. The summed E-state index contributed by atoms with van der Waals surface area (Å²) in [6.45, 7) is 2.09. The smallest absolute Gasteiger partial charge is 0.235 e. The first-order valence-corrected chi connectivity index (χ1v) is 5.76. The Labute approximate surface area is 98.8 Å². The Morgan fingerprint density at radius 3 is 2.57 bits per heavy atom. The second-order valence-electron chi connectivity index (χ2n) is 3.11. The van der Waals surface area contributed by atoms with Crippen LogP contribution >= 0.6 is 22.9 Å². The molecule has 0 N–H and O–H groups in total. The number of unbranched alkanes of at least 4 members (excludes halogenated alkanes) is 1. The van der Waals surface area contributed by atoms with Gasteiger partial charge in [-0.1, -0.05) is 31.5 Å². The molecule has 0 aliphatic carbocycles. The maximum absolute atomic E-state index is 11.6. The van der Waals surface area contributed by atoms with Crippen LogP contribution in [0.2, 0.25) is 0 Å². The molecule has 0 heterocycles. The Morgan fingerprint density at radius 2 is 2.00 bits per heavy atom. The molecule has 0 unspecified atom stereocenters. The number of rotatable bonds is 4. The number of para-hydroxylation sites is 1. The summed E-state index contributed by atoms with van der Waals surface area (Å²) in [4.78, 5) is 11.6. The van der Waals surface area contributed by atoms with Gasteiger partial charge in [-0.3, -0.25) is 7.91 Å². The Kier molecular flexibility index (Phi) is 4.93. The number of halogens is 1. The van der Waals surface area contributed by atoms with Crippen LogP contribution in [0, 0.1) is 0 Å². The fourth-order valence-electron chi connectivity index (χ4n) is 1.13. The highest BCUT2D eigenvalue weighted by Gasteiger charge is 2.10. The molecular formula is C11H14INO. The molecule has 0 aromatic heterocycles. The van der Waals surface area contributed by atoms with Crippen LogP contribution in [0.25, 0.3) is 0 Å². The Morgan fingerprint density at radius 1 is 1.36 bits per heavy atom. The third kappa shape index (κ3) is 3.29. The number of nitrogens with zero attached hydrogens (tertiary/aromatic N) is 1. The minimum Gasteiger partial charge on any atom is -0.274 e. The quantitative estimate of drug-likeness (QED) is 0.615. The van der Waals surface area contributed by atoms with E-state index in [1.165, 1.54) is 0 Å². The van der Waals surface area contributed by atoms with E-state index in [9.17, 15) is 4.79 Å². The number of anilines is 1. The molecule has 0 fully saturated rings. The zero-order valence-corrected chi connectivity index (χ0v) is 10.4. The molecule has 0 aliphatic heterocycles. The fourth-order valence-corrected chi connectivity index (χ4v) is 1.69. The fraction of sp³-hybridized carbons (Fsp3) is 0.364. The highest BCUT2D eigenvalue weighted by Crippen LogP contribution is 2.19. The van der Waals surface area contributed by atoms with Gasteiger partial charge >= 0.3 is 0 Å². The van der Waals surface area contributed by atoms with Crippen LogP contribution in [-0.4, -0.2) is 5.91 Å². The molecule has 3 heteroatoms. The molecule has 2 nitrogen and oxygen atoms in total. The third-order valence-electron chi connectivity index (χ3n) is 1.95. The second kappa shape index (κ2) is 6.01. The van der Waals surface area contributed by atoms with Crippen molar-refractivity contribution in [2.24, 2.45) is 0 Å². The predicted octanol–water partition coefficient (Wildman–Crippen LogP) is 3.56. The monoisotopic (exact) mass is 303 g/mol. The molecule has 0 saturated carbocycles. The Bertz CT molecular complexity index is 287. The summed E-state index contributed by atoms with van der Waals surface area (Å²) in [6.07, 6.45) is 2.66. The van der Waals surface area contributed by atoms with Crippen LogP contribution in [0.3, 0.4) is 0 Å². The molecule has 14 heavy (non-hydrogen) atoms. The number of carbonyl (C=O) groups is 1. The normalized spacial score (nSPS) is 9.86. The molecular weight excluding hydrogens is 289 g/mol. The standard InChI is InChI=1S/C11H14INO/c1-2-3-9-11(14)13(12)10-7-5-4-6-8-10/h4-8H,2-3,9H2,1H3. The number of amides is 1. The van der Waals surface area contributed by atoms with Gasteiger partial charge < -0.3 is 0 Å². The molecule has 0 spiro atoms. The van der Waals surface area contributed by atoms with E-state index in [0.717, 1.165) is 18.5 Å². The van der Waals surface area contributed by atoms with Crippen molar-refractivity contribution in [1.82, 2.24) is 0 Å². The van der Waals surface area contributed by atoms with Crippen molar-refractivity contribution in [3.63, 3.8) is 0 Å². The molecule has 1 amide bonds. The van der Waals surface area contributed by atoms with Crippen LogP contribution < -0.4 is 3.11 Å². The highest BCUT2D eigenvalue weighted by molar-refractivity contribution is 14.1. The minimum absolute atomic E-state index is 0.179. The van der Waals surface area contributed by atoms with Gasteiger partial charge in [0.25, 0.3) is 0 Å². The summed E-state index contributed by atoms with van der Waals surface area (Å²) in [5.74, 6) is 0.179. The lowest BCUT2D eigenvalue weighted by Gasteiger charge is -2.13. The van der Waals surface area contributed by atoms with Gasteiger partial charge in [0.2, 0.25) is 5.91 Å². The lowest BCUT2D eigenvalue weighted by Crippen LogP contribution is -2.19. The molecule has 1 rings (SSSR count). The molecule has 1 aromatic carbocycles. The lowest BCUT2D eigenvalue weighted by molar-refractivity contribution is -0.117. The first-order chi connectivity index (χ1) is 6.75. The predicted molar refractivity (Wildman–Crippen MR) is 67.5 cm³/mol. The van der Waals surface area contributed by atoms with Gasteiger partial charge in [-0.05, 0) is 18.6 Å². The number of carbonyl (C=O) groups excluding carboxylic acids is 1. The zero-order valence-electron chi connectivity index (χ0n) is 8.24. The molecule has 0 bridgehead atoms. The van der Waals surface area contributed by atoms with Crippen LogP contribution in [0.1, 0.15) is 26.2 Å². The lowest BCUT2D eigenvalue weighted by atomic mass is 10.2. The largest absolute Gasteiger partial charge is 0.274 e. The van der Waals surface area contributed by atoms with Crippen molar-refractivity contribution in [2.75, 3.05) is 3.11 Å². The first-order valence-electron chi connectivity index (χ1n) is 4.79. The number of benzene rings is 1. The summed E-state index contributed by atoms with van der Waals surface area (Å²) in [6, 6.07) is 9.71. The third-order valence-corrected chi connectivity index (χ3v) is 3.04. The summed E-state index contributed by atoms with van der Waals surface area (Å²) < 4.78 is 1.69. The van der Waals surface area contributed by atoms with Crippen LogP contribution in [0.15, 0.2) is 30.3 Å². The van der Waals surface area contributed by atoms with Gasteiger partial charge in [-0.2, -0.15) is 0 Å². The summed E-state index contributed by atoms with van der Waals surface area (Å²) in [7, 11) is 0. The average Bonchev–Trinajstić information content (AvgIpc) is 2.26. The number of hydrogen-bond acceptors (Lipinski definition) is 1. The van der Waals surface area contributed by atoms with Crippen LogP contribution in [-0.2, 0) is 4.79 Å². The van der Waals surface area contributed by atoms with Crippen molar-refractivity contribution < 1.29 is 4.79 Å². The van der Waals surface area contributed by atoms with Crippen LogP contribution in [0.5, 0.6) is 0 Å². The summed E-state index contributed by atoms with van der Waals surface area (Å²) in [5, 5.41) is 0. The van der Waals surface area contributed by atoms with Crippen molar-refractivity contribution in [1.29, 1.82) is 0 Å². The van der Waals surface area contributed by atoms with E-state index >= 15 is 0 Å². The molecule has 0 saturated heterocycles. The van der Waals surface area contributed by atoms with E-state index in [1.54, 1.807) is 3.11 Å². The van der Waals surface area contributed by atoms with Crippen molar-refractivity contribution in [3.8, 4) is 0 Å². The van der Waals surface area contributed by atoms with E-state index < -0.39 is 0 Å². The summed E-state index contributed by atoms with van der Waals surface area (Å²) in [5.41, 5.74) is 0.953. The molecule has 1 aromatic rings. The van der Waals surface area contributed by atoms with E-state index in [0.29, 0.717) is 6.42 Å². The first kappa shape index (κ1) is 11.5. The summed E-state index contributed by atoms with van der Waals surface area (Å²) >= 11 is 2.06. The van der Waals surface area contributed by atoms with Crippen LogP contribution in [0.4, 0.5) is 5.69 Å². The second-order valence-corrected chi connectivity index (χ2v) is 4.08. The van der Waals surface area contributed by atoms with Gasteiger partial charge in [0.15, 0.2) is 0 Å². The Hall–Kier alpha value is -0.580. The topological polar surface area (TPSA) is 20.3 Å². The van der Waals surface area contributed by atoms with Crippen molar-refractivity contribution >= 4 is 34.5 Å². The maximum Gasteiger partial charge on any atom is 0.235 e. The Balaban J connectivity index is 2.57. The average molecular weight is 303 g/mol. The zero-order chi connectivity index (χ0) is 10.4. The van der Waals surface area contributed by atoms with Crippen molar-refractivity contribution in [2.45, 2.75) is 26.2 Å². The maximum atomic E-state index is 11.6. The van der Waals surface area contributed by atoms with Gasteiger partial charge in [0, 0.05) is 6.42 Å². The molecule has 0 aliphatic rings. The molecule has 0 atom stereocenters. The van der Waals surface area contributed by atoms with E-state index in [4.69, 9.17) is 0 Å². The van der Waals surface area contributed by atoms with Gasteiger partial charge in [0.05, 0.1) is 28.6 Å². The molecule has 0 radical (unpaired) electrons. The van der Waals surface area contributed by atoms with Gasteiger partial charge in [-0.15, -0.1) is 0 Å². The van der Waals surface area contributed by atoms with E-state index in [1.807, 2.05) is 30.3 Å².